The number of aliphatic carboxylic acids is 1. The van der Waals surface area contributed by atoms with Crippen LogP contribution in [0.4, 0.5) is 4.79 Å². The Hall–Kier alpha value is -1.44. The molecule has 134 valence electrons. The quantitative estimate of drug-likeness (QED) is 0.491. The number of hydrogen-bond donors (Lipinski definition) is 3. The molecule has 0 saturated carbocycles. The summed E-state index contributed by atoms with van der Waals surface area (Å²) in [4.78, 5) is 36.5. The van der Waals surface area contributed by atoms with Gasteiger partial charge in [0.25, 0.3) is 0 Å². The van der Waals surface area contributed by atoms with Crippen LogP contribution in [0.1, 0.15) is 44.9 Å². The van der Waals surface area contributed by atoms with Gasteiger partial charge >= 0.3 is 12.0 Å². The van der Waals surface area contributed by atoms with Crippen LogP contribution in [0.15, 0.2) is 0 Å². The van der Waals surface area contributed by atoms with Crippen molar-refractivity contribution in [2.24, 2.45) is 0 Å². The van der Waals surface area contributed by atoms with Gasteiger partial charge in [0.15, 0.2) is 0 Å². The average Bonchev–Trinajstić information content (AvgIpc) is 3.11. The van der Waals surface area contributed by atoms with Crippen LogP contribution in [0.2, 0.25) is 0 Å². The molecular weight excluding hydrogens is 330 g/mol. The molecule has 3 rings (SSSR count). The number of urea groups is 1. The highest BCUT2D eigenvalue weighted by molar-refractivity contribution is 8.00. The molecule has 0 aromatic rings. The van der Waals surface area contributed by atoms with Crippen molar-refractivity contribution in [3.05, 3.63) is 0 Å². The van der Waals surface area contributed by atoms with E-state index >= 15 is 0 Å². The van der Waals surface area contributed by atoms with Crippen molar-refractivity contribution >= 4 is 29.7 Å². The first-order valence-electron chi connectivity index (χ1n) is 8.77. The van der Waals surface area contributed by atoms with Crippen molar-refractivity contribution in [2.75, 3.05) is 12.3 Å². The zero-order valence-electron chi connectivity index (χ0n) is 13.7. The first-order valence-corrected chi connectivity index (χ1v) is 9.82. The maximum absolute atomic E-state index is 12.3. The summed E-state index contributed by atoms with van der Waals surface area (Å²) < 4.78 is 0. The normalized spacial score (nSPS) is 32.2. The van der Waals surface area contributed by atoms with Crippen LogP contribution in [0.5, 0.6) is 0 Å². The monoisotopic (exact) mass is 355 g/mol. The number of piperidine rings is 1. The van der Waals surface area contributed by atoms with Gasteiger partial charge in [-0.2, -0.15) is 11.8 Å². The number of carbonyl (C=O) groups excluding carboxylic acids is 2. The van der Waals surface area contributed by atoms with Gasteiger partial charge in [-0.25, -0.2) is 9.59 Å². The molecule has 3 aliphatic rings. The first-order chi connectivity index (χ1) is 11.6. The van der Waals surface area contributed by atoms with Gasteiger partial charge in [0.05, 0.1) is 12.1 Å². The number of hydrogen-bond acceptors (Lipinski definition) is 4. The van der Waals surface area contributed by atoms with Crippen LogP contribution in [0, 0.1) is 0 Å². The predicted molar refractivity (Wildman–Crippen MR) is 90.9 cm³/mol. The Morgan fingerprint density at radius 3 is 2.88 bits per heavy atom. The second kappa shape index (κ2) is 7.63. The molecule has 3 N–H and O–H groups in total. The summed E-state index contributed by atoms with van der Waals surface area (Å²) in [6, 6.07) is -0.275. The molecular formula is C16H25N3O4S. The SMILES string of the molecule is O=C1N[C@H]2[C@H](CS[C@H]2CCCCC(=O)N2CCCCC2C(=O)O)N1. The van der Waals surface area contributed by atoms with E-state index in [1.165, 1.54) is 0 Å². The van der Waals surface area contributed by atoms with E-state index in [1.807, 2.05) is 11.8 Å². The fraction of sp³-hybridized carbons (Fsp3) is 0.812. The molecule has 0 bridgehead atoms. The molecule has 3 amide bonds. The molecule has 3 saturated heterocycles. The highest BCUT2D eigenvalue weighted by Crippen LogP contribution is 2.33. The Labute approximate surface area is 145 Å². The number of nitrogens with zero attached hydrogens (tertiary/aromatic N) is 1. The van der Waals surface area contributed by atoms with E-state index in [-0.39, 0.29) is 24.0 Å². The summed E-state index contributed by atoms with van der Waals surface area (Å²) in [5.74, 6) is 0.0250. The Balaban J connectivity index is 1.39. The highest BCUT2D eigenvalue weighted by atomic mass is 32.2. The van der Waals surface area contributed by atoms with Crippen LogP contribution in [0.25, 0.3) is 0 Å². The minimum absolute atomic E-state index is 0.0325. The number of thioether (sulfide) groups is 1. The molecule has 8 heteroatoms. The van der Waals surface area contributed by atoms with Crippen LogP contribution in [-0.2, 0) is 9.59 Å². The van der Waals surface area contributed by atoms with Crippen molar-refractivity contribution < 1.29 is 19.5 Å². The largest absolute Gasteiger partial charge is 0.480 e. The zero-order chi connectivity index (χ0) is 17.1. The maximum Gasteiger partial charge on any atom is 0.326 e. The number of likely N-dealkylation sites (tertiary alicyclic amines) is 1. The molecule has 24 heavy (non-hydrogen) atoms. The minimum atomic E-state index is -0.888. The number of carboxylic acid groups (broad SMARTS) is 1. The van der Waals surface area contributed by atoms with E-state index < -0.39 is 12.0 Å². The van der Waals surface area contributed by atoms with Gasteiger partial charge in [-0.15, -0.1) is 0 Å². The predicted octanol–water partition coefficient (Wildman–Crippen LogP) is 1.18. The third-order valence-corrected chi connectivity index (χ3v) is 6.68. The summed E-state index contributed by atoms with van der Waals surface area (Å²) in [5, 5.41) is 15.6. The van der Waals surface area contributed by atoms with Crippen molar-refractivity contribution in [3.8, 4) is 0 Å². The van der Waals surface area contributed by atoms with Gasteiger partial charge in [0, 0.05) is 24.0 Å². The standard InChI is InChI=1S/C16H25N3O4S/c20-13(19-8-4-3-5-11(19)15(21)22)7-2-1-6-12-14-10(9-24-12)17-16(23)18-14/h10-12,14H,1-9H2,(H,21,22)(H2,17,18,23)/t10-,11?,12-,14-/m0/s1. The summed E-state index contributed by atoms with van der Waals surface area (Å²) in [7, 11) is 0. The second-order valence-corrected chi connectivity index (χ2v) is 8.08. The van der Waals surface area contributed by atoms with E-state index in [0.717, 1.165) is 37.9 Å². The van der Waals surface area contributed by atoms with Crippen molar-refractivity contribution in [1.82, 2.24) is 15.5 Å². The molecule has 7 nitrogen and oxygen atoms in total. The molecule has 3 aliphatic heterocycles. The highest BCUT2D eigenvalue weighted by Gasteiger charge is 2.42. The molecule has 0 aromatic heterocycles. The van der Waals surface area contributed by atoms with Crippen molar-refractivity contribution in [2.45, 2.75) is 68.3 Å². The first kappa shape index (κ1) is 17.4. The fourth-order valence-electron chi connectivity index (χ4n) is 3.90. The Bertz CT molecular complexity index is 516. The van der Waals surface area contributed by atoms with Crippen LogP contribution >= 0.6 is 11.8 Å². The maximum atomic E-state index is 12.3. The number of rotatable bonds is 6. The smallest absolute Gasteiger partial charge is 0.326 e. The lowest BCUT2D eigenvalue weighted by Crippen LogP contribution is -2.47. The molecule has 4 atom stereocenters. The van der Waals surface area contributed by atoms with Gasteiger partial charge in [-0.3, -0.25) is 4.79 Å². The molecule has 3 heterocycles. The van der Waals surface area contributed by atoms with E-state index in [9.17, 15) is 19.5 Å². The third-order valence-electron chi connectivity index (χ3n) is 5.18. The number of carbonyl (C=O) groups is 3. The lowest BCUT2D eigenvalue weighted by Gasteiger charge is -2.33. The zero-order valence-corrected chi connectivity index (χ0v) is 14.5. The second-order valence-electron chi connectivity index (χ2n) is 6.80. The van der Waals surface area contributed by atoms with Gasteiger partial charge in [0.2, 0.25) is 5.91 Å². The molecule has 1 unspecified atom stereocenters. The van der Waals surface area contributed by atoms with E-state index in [4.69, 9.17) is 0 Å². The lowest BCUT2D eigenvalue weighted by molar-refractivity contribution is -0.152. The van der Waals surface area contributed by atoms with Crippen LogP contribution < -0.4 is 10.6 Å². The Morgan fingerprint density at radius 1 is 1.25 bits per heavy atom. The van der Waals surface area contributed by atoms with E-state index in [2.05, 4.69) is 10.6 Å². The van der Waals surface area contributed by atoms with Crippen molar-refractivity contribution in [3.63, 3.8) is 0 Å². The number of carboxylic acids is 1. The van der Waals surface area contributed by atoms with E-state index in [1.54, 1.807) is 4.90 Å². The fourth-order valence-corrected chi connectivity index (χ4v) is 5.44. The third kappa shape index (κ3) is 3.79. The number of unbranched alkanes of at least 4 members (excludes halogenated alkanes) is 1. The Morgan fingerprint density at radius 2 is 2.08 bits per heavy atom. The number of amides is 3. The summed E-state index contributed by atoms with van der Waals surface area (Å²) in [6.45, 7) is 0.565. The van der Waals surface area contributed by atoms with Crippen LogP contribution in [0.3, 0.4) is 0 Å². The topological polar surface area (TPSA) is 98.7 Å². The summed E-state index contributed by atoms with van der Waals surface area (Å²) in [6.07, 6.45) is 5.43. The van der Waals surface area contributed by atoms with Gasteiger partial charge in [-0.1, -0.05) is 6.42 Å². The average molecular weight is 355 g/mol. The number of fused-ring (bicyclic) bond motifs is 1. The number of nitrogens with one attached hydrogen (secondary N) is 2. The lowest BCUT2D eigenvalue weighted by atomic mass is 10.0. The van der Waals surface area contributed by atoms with Gasteiger partial charge in [0.1, 0.15) is 6.04 Å². The molecule has 0 spiro atoms. The van der Waals surface area contributed by atoms with Gasteiger partial charge < -0.3 is 20.6 Å². The van der Waals surface area contributed by atoms with E-state index in [0.29, 0.717) is 24.6 Å². The minimum Gasteiger partial charge on any atom is -0.480 e. The molecule has 0 aromatic carbocycles. The summed E-state index contributed by atoms with van der Waals surface area (Å²) in [5.41, 5.74) is 0. The molecule has 0 radical (unpaired) electrons. The Kier molecular flexibility index (Phi) is 5.53. The molecule has 3 fully saturated rings. The summed E-state index contributed by atoms with van der Waals surface area (Å²) >= 11 is 1.88. The molecule has 0 aliphatic carbocycles. The van der Waals surface area contributed by atoms with Crippen molar-refractivity contribution in [1.29, 1.82) is 0 Å². The van der Waals surface area contributed by atoms with Crippen LogP contribution in [-0.4, -0.2) is 63.6 Å². The van der Waals surface area contributed by atoms with Gasteiger partial charge in [-0.05, 0) is 32.1 Å².